The Balaban J connectivity index is 1.92. The van der Waals surface area contributed by atoms with Crippen LogP contribution in [0.1, 0.15) is 35.0 Å². The number of carbonyl (C=O) groups excluding carboxylic acids is 1. The molecule has 1 aliphatic carbocycles. The fraction of sp³-hybridized carbons (Fsp3) is 0.364. The van der Waals surface area contributed by atoms with Gasteiger partial charge >= 0.3 is 5.97 Å². The topological polar surface area (TPSA) is 38.3 Å². The number of nitrogens with one attached hydrogen (secondary N) is 1. The number of hydrogen-bond acceptors (Lipinski definition) is 3. The molecule has 0 aromatic heterocycles. The molecule has 1 N–H and O–H groups in total. The maximum absolute atomic E-state index is 11.4. The van der Waals surface area contributed by atoms with Gasteiger partial charge in [0.15, 0.2) is 6.23 Å². The minimum Gasteiger partial charge on any atom is -0.439 e. The third kappa shape index (κ3) is 1.21. The van der Waals surface area contributed by atoms with Crippen molar-refractivity contribution >= 4 is 5.97 Å². The predicted molar refractivity (Wildman–Crippen MR) is 50.8 cm³/mol. The van der Waals surface area contributed by atoms with E-state index in [0.717, 1.165) is 5.56 Å². The normalized spacial score (nSPS) is 24.6. The lowest BCUT2D eigenvalue weighted by Crippen LogP contribution is -2.23. The highest BCUT2D eigenvalue weighted by atomic mass is 16.6. The van der Waals surface area contributed by atoms with Gasteiger partial charge in [0, 0.05) is 11.6 Å². The Morgan fingerprint density at radius 2 is 2.07 bits per heavy atom. The van der Waals surface area contributed by atoms with Gasteiger partial charge in [-0.25, -0.2) is 4.79 Å². The zero-order valence-corrected chi connectivity index (χ0v) is 7.69. The quantitative estimate of drug-likeness (QED) is 0.718. The molecule has 3 heteroatoms. The van der Waals surface area contributed by atoms with Crippen molar-refractivity contribution in [3.05, 3.63) is 35.4 Å². The molecule has 0 spiro atoms. The first-order chi connectivity index (χ1) is 6.84. The average molecular weight is 189 g/mol. The zero-order valence-electron chi connectivity index (χ0n) is 7.69. The lowest BCUT2D eigenvalue weighted by molar-refractivity contribution is 0.0304. The summed E-state index contributed by atoms with van der Waals surface area (Å²) in [5.41, 5.74) is 1.68. The summed E-state index contributed by atoms with van der Waals surface area (Å²) >= 11 is 0. The molecule has 0 bridgehead atoms. The van der Waals surface area contributed by atoms with E-state index >= 15 is 0 Å². The highest BCUT2D eigenvalue weighted by Gasteiger charge is 2.34. The van der Waals surface area contributed by atoms with E-state index < -0.39 is 0 Å². The molecule has 1 aromatic rings. The van der Waals surface area contributed by atoms with Gasteiger partial charge in [-0.05, 0) is 18.9 Å². The summed E-state index contributed by atoms with van der Waals surface area (Å²) in [6.07, 6.45) is 2.16. The van der Waals surface area contributed by atoms with Gasteiger partial charge in [-0.1, -0.05) is 18.2 Å². The van der Waals surface area contributed by atoms with E-state index in [9.17, 15) is 4.79 Å². The van der Waals surface area contributed by atoms with E-state index in [1.54, 1.807) is 0 Å². The van der Waals surface area contributed by atoms with E-state index in [1.807, 2.05) is 24.3 Å². The van der Waals surface area contributed by atoms with Crippen LogP contribution in [0.4, 0.5) is 0 Å². The maximum Gasteiger partial charge on any atom is 0.340 e. The van der Waals surface area contributed by atoms with Crippen LogP contribution in [0.5, 0.6) is 0 Å². The fourth-order valence-electron chi connectivity index (χ4n) is 1.73. The van der Waals surface area contributed by atoms with Crippen molar-refractivity contribution in [3.63, 3.8) is 0 Å². The first-order valence-electron chi connectivity index (χ1n) is 4.90. The number of carbonyl (C=O) groups is 1. The lowest BCUT2D eigenvalue weighted by Gasteiger charge is -2.11. The molecule has 3 rings (SSSR count). The Bertz CT molecular complexity index is 385. The molecular formula is C11H11NO2. The van der Waals surface area contributed by atoms with Crippen molar-refractivity contribution in [1.29, 1.82) is 0 Å². The van der Waals surface area contributed by atoms with Crippen molar-refractivity contribution in [1.82, 2.24) is 5.32 Å². The molecule has 0 radical (unpaired) electrons. The lowest BCUT2D eigenvalue weighted by atomic mass is 10.1. The van der Waals surface area contributed by atoms with Crippen LogP contribution in [0.25, 0.3) is 0 Å². The molecular weight excluding hydrogens is 178 g/mol. The molecule has 2 aliphatic rings. The van der Waals surface area contributed by atoms with Crippen molar-refractivity contribution in [2.24, 2.45) is 0 Å². The Hall–Kier alpha value is -1.35. The van der Waals surface area contributed by atoms with Gasteiger partial charge in [0.25, 0.3) is 0 Å². The molecule has 0 amide bonds. The van der Waals surface area contributed by atoms with Crippen LogP contribution < -0.4 is 5.32 Å². The monoisotopic (exact) mass is 189 g/mol. The van der Waals surface area contributed by atoms with Gasteiger partial charge in [-0.2, -0.15) is 0 Å². The SMILES string of the molecule is O=C1OC(NC2CC2)c2ccccc21. The predicted octanol–water partition coefficient (Wildman–Crippen LogP) is 1.61. The van der Waals surface area contributed by atoms with Crippen LogP contribution >= 0.6 is 0 Å². The summed E-state index contributed by atoms with van der Waals surface area (Å²) in [5, 5.41) is 3.30. The molecule has 1 unspecified atom stereocenters. The van der Waals surface area contributed by atoms with Gasteiger partial charge in [-0.15, -0.1) is 0 Å². The second-order valence-corrected chi connectivity index (χ2v) is 3.81. The van der Waals surface area contributed by atoms with Crippen molar-refractivity contribution in [2.45, 2.75) is 25.1 Å². The second kappa shape index (κ2) is 2.82. The molecule has 72 valence electrons. The third-order valence-electron chi connectivity index (χ3n) is 2.65. The largest absolute Gasteiger partial charge is 0.439 e. The second-order valence-electron chi connectivity index (χ2n) is 3.81. The zero-order chi connectivity index (χ0) is 9.54. The first kappa shape index (κ1) is 8.00. The molecule has 1 fully saturated rings. The van der Waals surface area contributed by atoms with Crippen molar-refractivity contribution in [3.8, 4) is 0 Å². The highest BCUT2D eigenvalue weighted by molar-refractivity contribution is 5.93. The van der Waals surface area contributed by atoms with E-state index in [1.165, 1.54) is 12.8 Å². The molecule has 1 aliphatic heterocycles. The molecule has 3 nitrogen and oxygen atoms in total. The third-order valence-corrected chi connectivity index (χ3v) is 2.65. The summed E-state index contributed by atoms with van der Waals surface area (Å²) < 4.78 is 5.23. The van der Waals surface area contributed by atoms with E-state index in [4.69, 9.17) is 4.74 Å². The summed E-state index contributed by atoms with van der Waals surface area (Å²) in [7, 11) is 0. The van der Waals surface area contributed by atoms with Crippen LogP contribution in [-0.4, -0.2) is 12.0 Å². The Morgan fingerprint density at radius 1 is 1.29 bits per heavy atom. The number of fused-ring (bicyclic) bond motifs is 1. The molecule has 14 heavy (non-hydrogen) atoms. The Morgan fingerprint density at radius 3 is 2.86 bits per heavy atom. The number of esters is 1. The molecule has 1 saturated carbocycles. The van der Waals surface area contributed by atoms with E-state index in [0.29, 0.717) is 11.6 Å². The van der Waals surface area contributed by atoms with E-state index in [2.05, 4.69) is 5.32 Å². The van der Waals surface area contributed by atoms with Crippen molar-refractivity contribution < 1.29 is 9.53 Å². The van der Waals surface area contributed by atoms with Gasteiger partial charge < -0.3 is 4.74 Å². The Labute approximate surface area is 82.1 Å². The number of benzene rings is 1. The summed E-state index contributed by atoms with van der Waals surface area (Å²) in [4.78, 5) is 11.4. The molecule has 1 heterocycles. The number of ether oxygens (including phenoxy) is 1. The minimum atomic E-state index is -0.216. The summed E-state index contributed by atoms with van der Waals surface area (Å²) in [6.45, 7) is 0. The molecule has 1 aromatic carbocycles. The van der Waals surface area contributed by atoms with Crippen LogP contribution in [0.2, 0.25) is 0 Å². The van der Waals surface area contributed by atoms with Crippen LogP contribution in [-0.2, 0) is 4.74 Å². The number of cyclic esters (lactones) is 1. The maximum atomic E-state index is 11.4. The fourth-order valence-corrected chi connectivity index (χ4v) is 1.73. The summed E-state index contributed by atoms with van der Waals surface area (Å²) in [5.74, 6) is -0.209. The standard InChI is InChI=1S/C11H11NO2/c13-11-9-4-2-1-3-8(9)10(14-11)12-7-5-6-7/h1-4,7,10,12H,5-6H2. The van der Waals surface area contributed by atoms with Crippen LogP contribution in [0, 0.1) is 0 Å². The van der Waals surface area contributed by atoms with Crippen LogP contribution in [0.3, 0.4) is 0 Å². The molecule has 1 atom stereocenters. The smallest absolute Gasteiger partial charge is 0.340 e. The van der Waals surface area contributed by atoms with Gasteiger partial charge in [0.05, 0.1) is 5.56 Å². The van der Waals surface area contributed by atoms with E-state index in [-0.39, 0.29) is 12.2 Å². The number of hydrogen-bond donors (Lipinski definition) is 1. The summed E-state index contributed by atoms with van der Waals surface area (Å²) in [6, 6.07) is 8.09. The van der Waals surface area contributed by atoms with Gasteiger partial charge in [0.1, 0.15) is 0 Å². The van der Waals surface area contributed by atoms with Crippen molar-refractivity contribution in [2.75, 3.05) is 0 Å². The first-order valence-corrected chi connectivity index (χ1v) is 4.90. The van der Waals surface area contributed by atoms with Crippen LogP contribution in [0.15, 0.2) is 24.3 Å². The van der Waals surface area contributed by atoms with Gasteiger partial charge in [0.2, 0.25) is 0 Å². The highest BCUT2D eigenvalue weighted by Crippen LogP contribution is 2.31. The Kier molecular flexibility index (Phi) is 1.61. The minimum absolute atomic E-state index is 0.209. The van der Waals surface area contributed by atoms with Gasteiger partial charge in [-0.3, -0.25) is 5.32 Å². The number of rotatable bonds is 2. The molecule has 0 saturated heterocycles. The average Bonchev–Trinajstić information content (AvgIpc) is 2.95.